The summed E-state index contributed by atoms with van der Waals surface area (Å²) in [7, 11) is 1.85. The predicted molar refractivity (Wildman–Crippen MR) is 62.4 cm³/mol. The molecule has 1 rings (SSSR count). The molecule has 0 aromatic carbocycles. The second-order valence-corrected chi connectivity index (χ2v) is 4.90. The van der Waals surface area contributed by atoms with Crippen LogP contribution in [0.2, 0.25) is 0 Å². The van der Waals surface area contributed by atoms with Crippen LogP contribution in [-0.2, 0) is 4.79 Å². The molecule has 3 nitrogen and oxygen atoms in total. The van der Waals surface area contributed by atoms with Crippen molar-refractivity contribution in [2.24, 2.45) is 11.7 Å². The van der Waals surface area contributed by atoms with Crippen LogP contribution in [0.5, 0.6) is 0 Å². The van der Waals surface area contributed by atoms with E-state index in [9.17, 15) is 4.79 Å². The van der Waals surface area contributed by atoms with Crippen molar-refractivity contribution in [1.82, 2.24) is 4.90 Å². The van der Waals surface area contributed by atoms with Gasteiger partial charge in [-0.15, -0.1) is 0 Å². The third-order valence-corrected chi connectivity index (χ3v) is 3.36. The highest BCUT2D eigenvalue weighted by molar-refractivity contribution is 5.79. The van der Waals surface area contributed by atoms with Gasteiger partial charge in [-0.3, -0.25) is 4.79 Å². The number of nitrogens with zero attached hydrogens (tertiary/aromatic N) is 1. The summed E-state index contributed by atoms with van der Waals surface area (Å²) in [4.78, 5) is 13.9. The molecular formula is C12H22N2O. The molecule has 1 aliphatic rings. The summed E-state index contributed by atoms with van der Waals surface area (Å²) in [6.45, 7) is 4.50. The van der Waals surface area contributed by atoms with Gasteiger partial charge in [0.25, 0.3) is 0 Å². The van der Waals surface area contributed by atoms with Crippen molar-refractivity contribution in [3.05, 3.63) is 12.2 Å². The van der Waals surface area contributed by atoms with Gasteiger partial charge in [0.05, 0.1) is 0 Å². The lowest BCUT2D eigenvalue weighted by Crippen LogP contribution is -2.51. The number of carbonyl (C=O) groups is 1. The van der Waals surface area contributed by atoms with Gasteiger partial charge in [-0.2, -0.15) is 0 Å². The van der Waals surface area contributed by atoms with Crippen LogP contribution < -0.4 is 5.73 Å². The standard InChI is InChI=1S/C12H22N2O/c1-12(2,9-13)14(3)11(15)10-7-5-4-6-8-10/h4-5,10H,6-9,13H2,1-3H3. The van der Waals surface area contributed by atoms with E-state index in [0.29, 0.717) is 6.54 Å². The van der Waals surface area contributed by atoms with Crippen molar-refractivity contribution in [3.8, 4) is 0 Å². The summed E-state index contributed by atoms with van der Waals surface area (Å²) in [6.07, 6.45) is 7.13. The average Bonchev–Trinajstić information content (AvgIpc) is 2.28. The Labute approximate surface area is 92.3 Å². The molecule has 0 radical (unpaired) electrons. The summed E-state index contributed by atoms with van der Waals surface area (Å²) < 4.78 is 0. The fourth-order valence-electron chi connectivity index (χ4n) is 1.73. The Morgan fingerprint density at radius 2 is 2.20 bits per heavy atom. The molecule has 0 bridgehead atoms. The Morgan fingerprint density at radius 3 is 2.67 bits per heavy atom. The molecule has 0 saturated heterocycles. The fourth-order valence-corrected chi connectivity index (χ4v) is 1.73. The average molecular weight is 210 g/mol. The summed E-state index contributed by atoms with van der Waals surface area (Å²) in [5.74, 6) is 0.389. The van der Waals surface area contributed by atoms with Gasteiger partial charge >= 0.3 is 0 Å². The number of hydrogen-bond acceptors (Lipinski definition) is 2. The maximum atomic E-state index is 12.1. The monoisotopic (exact) mass is 210 g/mol. The minimum atomic E-state index is -0.238. The van der Waals surface area contributed by atoms with Gasteiger partial charge in [-0.1, -0.05) is 12.2 Å². The highest BCUT2D eigenvalue weighted by Crippen LogP contribution is 2.23. The van der Waals surface area contributed by atoms with Gasteiger partial charge in [-0.25, -0.2) is 0 Å². The van der Waals surface area contributed by atoms with Gasteiger partial charge in [0.2, 0.25) is 5.91 Å². The van der Waals surface area contributed by atoms with Gasteiger partial charge in [-0.05, 0) is 33.1 Å². The van der Waals surface area contributed by atoms with Crippen LogP contribution in [0.15, 0.2) is 12.2 Å². The first-order valence-electron chi connectivity index (χ1n) is 5.62. The van der Waals surface area contributed by atoms with Crippen molar-refractivity contribution >= 4 is 5.91 Å². The molecule has 2 N–H and O–H groups in total. The van der Waals surface area contributed by atoms with Crippen LogP contribution in [0.25, 0.3) is 0 Å². The van der Waals surface area contributed by atoms with E-state index in [-0.39, 0.29) is 17.4 Å². The highest BCUT2D eigenvalue weighted by atomic mass is 16.2. The molecule has 0 spiro atoms. The molecule has 1 atom stereocenters. The Morgan fingerprint density at radius 1 is 1.53 bits per heavy atom. The summed E-state index contributed by atoms with van der Waals surface area (Å²) in [5.41, 5.74) is 5.43. The first kappa shape index (κ1) is 12.2. The van der Waals surface area contributed by atoms with E-state index in [1.807, 2.05) is 20.9 Å². The maximum absolute atomic E-state index is 12.1. The molecule has 0 aromatic rings. The minimum Gasteiger partial charge on any atom is -0.339 e. The molecule has 1 unspecified atom stereocenters. The van der Waals surface area contributed by atoms with E-state index in [4.69, 9.17) is 5.73 Å². The van der Waals surface area contributed by atoms with E-state index in [1.165, 1.54) is 0 Å². The van der Waals surface area contributed by atoms with E-state index in [2.05, 4.69) is 12.2 Å². The molecular weight excluding hydrogens is 188 g/mol. The third-order valence-electron chi connectivity index (χ3n) is 3.36. The van der Waals surface area contributed by atoms with Crippen molar-refractivity contribution in [1.29, 1.82) is 0 Å². The van der Waals surface area contributed by atoms with Gasteiger partial charge in [0, 0.05) is 25.0 Å². The largest absolute Gasteiger partial charge is 0.339 e. The Bertz CT molecular complexity index is 258. The second kappa shape index (κ2) is 4.79. The van der Waals surface area contributed by atoms with Crippen molar-refractivity contribution in [2.75, 3.05) is 13.6 Å². The van der Waals surface area contributed by atoms with Crippen LogP contribution in [-0.4, -0.2) is 29.9 Å². The predicted octanol–water partition coefficient (Wildman–Crippen LogP) is 1.54. The fraction of sp³-hybridized carbons (Fsp3) is 0.750. The summed E-state index contributed by atoms with van der Waals surface area (Å²) in [5, 5.41) is 0. The first-order valence-corrected chi connectivity index (χ1v) is 5.62. The molecule has 15 heavy (non-hydrogen) atoms. The van der Waals surface area contributed by atoms with E-state index >= 15 is 0 Å². The third kappa shape index (κ3) is 2.81. The number of rotatable bonds is 3. The lowest BCUT2D eigenvalue weighted by molar-refractivity contribution is -0.139. The number of nitrogens with two attached hydrogens (primary N) is 1. The quantitative estimate of drug-likeness (QED) is 0.718. The Balaban J connectivity index is 2.63. The zero-order chi connectivity index (χ0) is 11.5. The summed E-state index contributed by atoms with van der Waals surface area (Å²) >= 11 is 0. The smallest absolute Gasteiger partial charge is 0.226 e. The van der Waals surface area contributed by atoms with Crippen molar-refractivity contribution in [2.45, 2.75) is 38.6 Å². The number of hydrogen-bond donors (Lipinski definition) is 1. The lowest BCUT2D eigenvalue weighted by Gasteiger charge is -2.37. The van der Waals surface area contributed by atoms with Crippen LogP contribution in [0.3, 0.4) is 0 Å². The maximum Gasteiger partial charge on any atom is 0.226 e. The molecule has 0 aromatic heterocycles. The lowest BCUT2D eigenvalue weighted by atomic mass is 9.91. The molecule has 0 fully saturated rings. The topological polar surface area (TPSA) is 46.3 Å². The normalized spacial score (nSPS) is 21.5. The number of carbonyl (C=O) groups excluding carboxylic acids is 1. The van der Waals surface area contributed by atoms with Crippen LogP contribution >= 0.6 is 0 Å². The van der Waals surface area contributed by atoms with E-state index < -0.39 is 0 Å². The van der Waals surface area contributed by atoms with Crippen molar-refractivity contribution < 1.29 is 4.79 Å². The van der Waals surface area contributed by atoms with Crippen LogP contribution in [0, 0.1) is 5.92 Å². The number of allylic oxidation sites excluding steroid dienone is 2. The van der Waals surface area contributed by atoms with E-state index in [1.54, 1.807) is 4.90 Å². The minimum absolute atomic E-state index is 0.158. The Hall–Kier alpha value is -0.830. The number of amides is 1. The summed E-state index contributed by atoms with van der Waals surface area (Å²) in [6, 6.07) is 0. The number of likely N-dealkylation sites (N-methyl/N-ethyl adjacent to an activating group) is 1. The molecule has 0 aliphatic heterocycles. The molecule has 0 saturated carbocycles. The Kier molecular flexibility index (Phi) is 3.91. The molecule has 3 heteroatoms. The van der Waals surface area contributed by atoms with Gasteiger partial charge in [0.1, 0.15) is 0 Å². The van der Waals surface area contributed by atoms with E-state index in [0.717, 1.165) is 19.3 Å². The van der Waals surface area contributed by atoms with Crippen molar-refractivity contribution in [3.63, 3.8) is 0 Å². The van der Waals surface area contributed by atoms with Crippen LogP contribution in [0.1, 0.15) is 33.1 Å². The molecule has 1 aliphatic carbocycles. The zero-order valence-corrected chi connectivity index (χ0v) is 9.99. The zero-order valence-electron chi connectivity index (χ0n) is 9.99. The molecule has 0 heterocycles. The molecule has 1 amide bonds. The van der Waals surface area contributed by atoms with Gasteiger partial charge < -0.3 is 10.6 Å². The van der Waals surface area contributed by atoms with Gasteiger partial charge in [0.15, 0.2) is 0 Å². The highest BCUT2D eigenvalue weighted by Gasteiger charge is 2.30. The molecule has 86 valence electrons. The second-order valence-electron chi connectivity index (χ2n) is 4.90. The van der Waals surface area contributed by atoms with Crippen LogP contribution in [0.4, 0.5) is 0 Å². The first-order chi connectivity index (χ1) is 6.99. The SMILES string of the molecule is CN(C(=O)C1CC=CCC1)C(C)(C)CN.